The molecule has 0 unspecified atom stereocenters. The molecule has 1 nitrogen and oxygen atoms in total. The van der Waals surface area contributed by atoms with E-state index in [0.29, 0.717) is 0 Å². The van der Waals surface area contributed by atoms with E-state index in [2.05, 4.69) is 191 Å². The van der Waals surface area contributed by atoms with Gasteiger partial charge in [-0.25, -0.2) is 0 Å². The van der Waals surface area contributed by atoms with Gasteiger partial charge in [-0.3, -0.25) is 0 Å². The monoisotopic (exact) mass is 557 g/mol. The second-order valence-electron chi connectivity index (χ2n) is 12.4. The van der Waals surface area contributed by atoms with Gasteiger partial charge in [0.1, 0.15) is 0 Å². The number of nitrogens with one attached hydrogen (secondary N) is 1. The quantitative estimate of drug-likeness (QED) is 0.196. The van der Waals surface area contributed by atoms with Gasteiger partial charge in [0.25, 0.3) is 0 Å². The van der Waals surface area contributed by atoms with Crippen LogP contribution in [0.15, 0.2) is 158 Å². The molecule has 43 heavy (non-hydrogen) atoms. The zero-order valence-corrected chi connectivity index (χ0v) is 25.5. The van der Waals surface area contributed by atoms with Gasteiger partial charge >= 0.3 is 0 Å². The van der Waals surface area contributed by atoms with E-state index < -0.39 is 0 Å². The van der Waals surface area contributed by atoms with E-state index >= 15 is 0 Å². The van der Waals surface area contributed by atoms with Crippen molar-refractivity contribution in [3.63, 3.8) is 0 Å². The van der Waals surface area contributed by atoms with Gasteiger partial charge in [-0.15, -0.1) is 0 Å². The molecular weight excluding hydrogens is 518 g/mol. The van der Waals surface area contributed by atoms with Gasteiger partial charge in [-0.05, 0) is 68.8 Å². The third kappa shape index (κ3) is 6.03. The Hall–Kier alpha value is -4.88. The average Bonchev–Trinajstić information content (AvgIpc) is 3.06. The molecule has 6 aromatic carbocycles. The summed E-state index contributed by atoms with van der Waals surface area (Å²) < 4.78 is 0. The minimum atomic E-state index is -0.0969. The second kappa shape index (κ2) is 11.8. The first-order valence-corrected chi connectivity index (χ1v) is 15.1. The summed E-state index contributed by atoms with van der Waals surface area (Å²) in [4.78, 5) is 0. The van der Waals surface area contributed by atoms with Crippen LogP contribution < -0.4 is 5.32 Å². The Morgan fingerprint density at radius 1 is 0.302 bits per heavy atom. The topological polar surface area (TPSA) is 12.0 Å². The van der Waals surface area contributed by atoms with Crippen molar-refractivity contribution in [2.24, 2.45) is 0 Å². The number of anilines is 2. The Kier molecular flexibility index (Phi) is 7.74. The molecule has 6 aromatic rings. The van der Waals surface area contributed by atoms with Crippen LogP contribution in [0.25, 0.3) is 22.3 Å². The van der Waals surface area contributed by atoms with E-state index in [0.717, 1.165) is 11.4 Å². The molecule has 0 heterocycles. The van der Waals surface area contributed by atoms with Crippen LogP contribution in [0.1, 0.15) is 49.9 Å². The predicted octanol–water partition coefficient (Wildman–Crippen LogP) is 11.4. The van der Waals surface area contributed by atoms with Gasteiger partial charge in [-0.2, -0.15) is 0 Å². The van der Waals surface area contributed by atoms with Crippen LogP contribution in [-0.4, -0.2) is 0 Å². The third-order valence-corrected chi connectivity index (χ3v) is 8.93. The Bertz CT molecular complexity index is 1630. The van der Waals surface area contributed by atoms with E-state index in [1.165, 1.54) is 44.5 Å². The zero-order chi connectivity index (χ0) is 29.9. The van der Waals surface area contributed by atoms with Crippen molar-refractivity contribution in [3.8, 4) is 22.3 Å². The molecule has 0 saturated carbocycles. The number of hydrogen-bond donors (Lipinski definition) is 1. The summed E-state index contributed by atoms with van der Waals surface area (Å²) in [6.07, 6.45) is 0. The SMILES string of the molecule is CC(C)(c1ccc(Nc2ccc(C(C)(C)c3ccc(-c4ccccc4)cc3)cc2)cc1)c1ccc(-c2ccccc2)cc1. The summed E-state index contributed by atoms with van der Waals surface area (Å²) in [6.45, 7) is 9.18. The molecule has 0 aliphatic heterocycles. The predicted molar refractivity (Wildman–Crippen MR) is 184 cm³/mol. The van der Waals surface area contributed by atoms with E-state index in [4.69, 9.17) is 0 Å². The summed E-state index contributed by atoms with van der Waals surface area (Å²) in [5, 5.41) is 3.59. The van der Waals surface area contributed by atoms with Gasteiger partial charge in [-0.1, -0.05) is 161 Å². The zero-order valence-electron chi connectivity index (χ0n) is 25.5. The molecule has 0 spiro atoms. The lowest BCUT2D eigenvalue weighted by Gasteiger charge is -2.27. The van der Waals surface area contributed by atoms with Gasteiger partial charge in [0, 0.05) is 22.2 Å². The lowest BCUT2D eigenvalue weighted by atomic mass is 9.77. The maximum atomic E-state index is 3.59. The van der Waals surface area contributed by atoms with E-state index in [1.807, 2.05) is 0 Å². The lowest BCUT2D eigenvalue weighted by Crippen LogP contribution is -2.19. The Morgan fingerprint density at radius 3 is 0.860 bits per heavy atom. The minimum Gasteiger partial charge on any atom is -0.356 e. The lowest BCUT2D eigenvalue weighted by molar-refractivity contribution is 0.641. The molecule has 0 aliphatic rings. The van der Waals surface area contributed by atoms with Crippen LogP contribution in [0.2, 0.25) is 0 Å². The molecule has 212 valence electrons. The fourth-order valence-electron chi connectivity index (χ4n) is 5.86. The van der Waals surface area contributed by atoms with Crippen LogP contribution in [0.5, 0.6) is 0 Å². The maximum absolute atomic E-state index is 3.59. The molecule has 0 amide bonds. The van der Waals surface area contributed by atoms with Crippen LogP contribution >= 0.6 is 0 Å². The number of benzene rings is 6. The molecule has 0 aromatic heterocycles. The van der Waals surface area contributed by atoms with Crippen LogP contribution in [-0.2, 0) is 10.8 Å². The summed E-state index contributed by atoms with van der Waals surface area (Å²) in [6, 6.07) is 56.7. The van der Waals surface area contributed by atoms with Crippen molar-refractivity contribution >= 4 is 11.4 Å². The second-order valence-corrected chi connectivity index (χ2v) is 12.4. The normalized spacial score (nSPS) is 11.7. The van der Waals surface area contributed by atoms with E-state index in [9.17, 15) is 0 Å². The first kappa shape index (κ1) is 28.2. The third-order valence-electron chi connectivity index (χ3n) is 8.93. The molecule has 0 bridgehead atoms. The molecule has 0 saturated heterocycles. The average molecular weight is 558 g/mol. The number of rotatable bonds is 8. The Labute approximate surface area is 256 Å². The van der Waals surface area contributed by atoms with Crippen molar-refractivity contribution in [1.29, 1.82) is 0 Å². The highest BCUT2D eigenvalue weighted by atomic mass is 14.9. The molecule has 0 radical (unpaired) electrons. The van der Waals surface area contributed by atoms with E-state index in [1.54, 1.807) is 0 Å². The fourth-order valence-corrected chi connectivity index (χ4v) is 5.86. The summed E-state index contributed by atoms with van der Waals surface area (Å²) >= 11 is 0. The van der Waals surface area contributed by atoms with Crippen molar-refractivity contribution in [2.45, 2.75) is 38.5 Å². The standard InChI is InChI=1S/C42H39N/c1-41(2,35-19-15-33(16-20-35)31-11-7-5-8-12-31)37-23-27-39(28-24-37)43-40-29-25-38(26-30-40)42(3,4)36-21-17-34(18-22-36)32-13-9-6-10-14-32/h5-30,43H,1-4H3. The summed E-state index contributed by atoms with van der Waals surface area (Å²) in [5.74, 6) is 0. The first-order chi connectivity index (χ1) is 20.8. The van der Waals surface area contributed by atoms with Crippen LogP contribution in [0.3, 0.4) is 0 Å². The largest absolute Gasteiger partial charge is 0.356 e. The highest BCUT2D eigenvalue weighted by Gasteiger charge is 2.24. The highest BCUT2D eigenvalue weighted by Crippen LogP contribution is 2.35. The van der Waals surface area contributed by atoms with Crippen molar-refractivity contribution in [1.82, 2.24) is 0 Å². The summed E-state index contributed by atoms with van der Waals surface area (Å²) in [7, 11) is 0. The first-order valence-electron chi connectivity index (χ1n) is 15.1. The van der Waals surface area contributed by atoms with Crippen molar-refractivity contribution in [3.05, 3.63) is 180 Å². The van der Waals surface area contributed by atoms with Crippen LogP contribution in [0.4, 0.5) is 11.4 Å². The molecule has 0 atom stereocenters. The van der Waals surface area contributed by atoms with E-state index in [-0.39, 0.29) is 10.8 Å². The minimum absolute atomic E-state index is 0.0969. The van der Waals surface area contributed by atoms with Crippen LogP contribution in [0, 0.1) is 0 Å². The molecule has 1 heteroatoms. The van der Waals surface area contributed by atoms with Gasteiger partial charge in [0.15, 0.2) is 0 Å². The van der Waals surface area contributed by atoms with Gasteiger partial charge < -0.3 is 5.32 Å². The maximum Gasteiger partial charge on any atom is 0.0384 e. The molecular formula is C42H39N. The van der Waals surface area contributed by atoms with Crippen molar-refractivity contribution in [2.75, 3.05) is 5.32 Å². The number of hydrogen-bond acceptors (Lipinski definition) is 1. The molecule has 1 N–H and O–H groups in total. The fraction of sp³-hybridized carbons (Fsp3) is 0.143. The Balaban J connectivity index is 1.12. The molecule has 6 rings (SSSR count). The smallest absolute Gasteiger partial charge is 0.0384 e. The molecule has 0 aliphatic carbocycles. The van der Waals surface area contributed by atoms with Crippen molar-refractivity contribution < 1.29 is 0 Å². The summed E-state index contributed by atoms with van der Waals surface area (Å²) in [5.41, 5.74) is 12.2. The highest BCUT2D eigenvalue weighted by molar-refractivity contribution is 5.66. The molecule has 0 fully saturated rings. The van der Waals surface area contributed by atoms with Gasteiger partial charge in [0.05, 0.1) is 0 Å². The van der Waals surface area contributed by atoms with Gasteiger partial charge in [0.2, 0.25) is 0 Å². The Morgan fingerprint density at radius 2 is 0.558 bits per heavy atom.